The molecular formula is C17H17F3N2O2. The number of hydrogen-bond acceptors (Lipinski definition) is 3. The summed E-state index contributed by atoms with van der Waals surface area (Å²) in [7, 11) is 0. The van der Waals surface area contributed by atoms with Gasteiger partial charge in [-0.15, -0.1) is 0 Å². The summed E-state index contributed by atoms with van der Waals surface area (Å²) in [6, 6.07) is 6.00. The highest BCUT2D eigenvalue weighted by Crippen LogP contribution is 2.19. The van der Waals surface area contributed by atoms with Crippen molar-refractivity contribution in [3.05, 3.63) is 65.2 Å². The maximum atomic E-state index is 13.2. The van der Waals surface area contributed by atoms with Gasteiger partial charge in [-0.1, -0.05) is 6.07 Å². The molecule has 4 nitrogen and oxygen atoms in total. The summed E-state index contributed by atoms with van der Waals surface area (Å²) in [6.45, 7) is -0.559. The molecule has 0 aliphatic rings. The molecule has 24 heavy (non-hydrogen) atoms. The molecule has 0 aliphatic heterocycles. The van der Waals surface area contributed by atoms with Crippen molar-refractivity contribution in [1.29, 1.82) is 0 Å². The third-order valence-corrected chi connectivity index (χ3v) is 3.49. The van der Waals surface area contributed by atoms with Crippen molar-refractivity contribution in [2.24, 2.45) is 0 Å². The van der Waals surface area contributed by atoms with Crippen LogP contribution < -0.4 is 5.32 Å². The van der Waals surface area contributed by atoms with E-state index in [4.69, 9.17) is 0 Å². The van der Waals surface area contributed by atoms with Crippen LogP contribution in [-0.2, 0) is 11.2 Å². The Morgan fingerprint density at radius 2 is 1.92 bits per heavy atom. The molecule has 2 aromatic rings. The Kier molecular flexibility index (Phi) is 6.31. The first-order valence-corrected chi connectivity index (χ1v) is 7.46. The van der Waals surface area contributed by atoms with Crippen LogP contribution in [0.5, 0.6) is 0 Å². The molecule has 2 N–H and O–H groups in total. The lowest BCUT2D eigenvalue weighted by Crippen LogP contribution is -2.31. The minimum atomic E-state index is -1.59. The molecule has 0 bridgehead atoms. The van der Waals surface area contributed by atoms with E-state index in [2.05, 4.69) is 10.3 Å². The van der Waals surface area contributed by atoms with Crippen molar-refractivity contribution in [3.63, 3.8) is 0 Å². The summed E-state index contributed by atoms with van der Waals surface area (Å²) in [5, 5.41) is 11.8. The zero-order chi connectivity index (χ0) is 17.5. The fraction of sp³-hybridized carbons (Fsp3) is 0.294. The summed E-state index contributed by atoms with van der Waals surface area (Å²) in [6.07, 6.45) is 2.97. The molecule has 0 radical (unpaired) electrons. The van der Waals surface area contributed by atoms with E-state index < -0.39 is 30.1 Å². The number of carbonyl (C=O) groups excluding carboxylic acids is 1. The summed E-state index contributed by atoms with van der Waals surface area (Å²) in [5.74, 6) is -4.70. The van der Waals surface area contributed by atoms with Crippen LogP contribution in [-0.4, -0.2) is 22.6 Å². The molecule has 128 valence electrons. The first kappa shape index (κ1) is 17.9. The largest absolute Gasteiger partial charge is 0.394 e. The van der Waals surface area contributed by atoms with Crippen molar-refractivity contribution in [2.45, 2.75) is 25.3 Å². The molecule has 1 unspecified atom stereocenters. The molecule has 1 atom stereocenters. The van der Waals surface area contributed by atoms with Crippen molar-refractivity contribution >= 4 is 5.91 Å². The first-order valence-electron chi connectivity index (χ1n) is 7.46. The quantitative estimate of drug-likeness (QED) is 0.763. The van der Waals surface area contributed by atoms with Crippen LogP contribution in [0, 0.1) is 17.5 Å². The van der Waals surface area contributed by atoms with Crippen LogP contribution in [0.4, 0.5) is 13.2 Å². The second-order valence-corrected chi connectivity index (χ2v) is 5.28. The van der Waals surface area contributed by atoms with Crippen molar-refractivity contribution in [3.8, 4) is 0 Å². The third-order valence-electron chi connectivity index (χ3n) is 3.49. The number of benzene rings is 1. The molecule has 1 aromatic heterocycles. The van der Waals surface area contributed by atoms with E-state index in [9.17, 15) is 23.1 Å². The highest BCUT2D eigenvalue weighted by atomic mass is 19.2. The number of pyridine rings is 1. The fourth-order valence-electron chi connectivity index (χ4n) is 2.25. The lowest BCUT2D eigenvalue weighted by atomic mass is 10.1. The average molecular weight is 338 g/mol. The number of aliphatic hydroxyl groups excluding tert-OH is 1. The van der Waals surface area contributed by atoms with Crippen LogP contribution in [0.25, 0.3) is 0 Å². The Morgan fingerprint density at radius 3 is 2.50 bits per heavy atom. The summed E-state index contributed by atoms with van der Waals surface area (Å²) in [4.78, 5) is 16.0. The Balaban J connectivity index is 1.91. The smallest absolute Gasteiger partial charge is 0.220 e. The van der Waals surface area contributed by atoms with E-state index in [0.29, 0.717) is 12.8 Å². The van der Waals surface area contributed by atoms with Gasteiger partial charge in [0, 0.05) is 18.3 Å². The highest BCUT2D eigenvalue weighted by Gasteiger charge is 2.18. The van der Waals surface area contributed by atoms with Gasteiger partial charge in [0.25, 0.3) is 0 Å². The number of halogens is 3. The van der Waals surface area contributed by atoms with Gasteiger partial charge in [0.05, 0.1) is 12.6 Å². The molecule has 1 amide bonds. The number of aromatic nitrogens is 1. The number of rotatable bonds is 7. The Hall–Kier alpha value is -2.41. The van der Waals surface area contributed by atoms with Gasteiger partial charge in [-0.2, -0.15) is 0 Å². The number of hydrogen-bond donors (Lipinski definition) is 2. The molecule has 0 spiro atoms. The van der Waals surface area contributed by atoms with Gasteiger partial charge in [-0.05, 0) is 42.7 Å². The Morgan fingerprint density at radius 1 is 1.21 bits per heavy atom. The van der Waals surface area contributed by atoms with Gasteiger partial charge >= 0.3 is 0 Å². The minimum absolute atomic E-state index is 0.0352. The van der Waals surface area contributed by atoms with Crippen LogP contribution in [0.1, 0.15) is 30.1 Å². The van der Waals surface area contributed by atoms with E-state index >= 15 is 0 Å². The summed E-state index contributed by atoms with van der Waals surface area (Å²) < 4.78 is 39.5. The zero-order valence-corrected chi connectivity index (χ0v) is 12.8. The van der Waals surface area contributed by atoms with E-state index in [1.807, 2.05) is 12.1 Å². The van der Waals surface area contributed by atoms with E-state index in [-0.39, 0.29) is 17.9 Å². The molecule has 2 rings (SSSR count). The number of amides is 1. The zero-order valence-electron chi connectivity index (χ0n) is 12.8. The predicted molar refractivity (Wildman–Crippen MR) is 81.5 cm³/mol. The monoisotopic (exact) mass is 338 g/mol. The maximum Gasteiger partial charge on any atom is 0.220 e. The lowest BCUT2D eigenvalue weighted by Gasteiger charge is -2.17. The first-order chi connectivity index (χ1) is 11.5. The second kappa shape index (κ2) is 8.44. The molecule has 0 aliphatic carbocycles. The molecule has 0 saturated carbocycles. The third kappa shape index (κ3) is 4.79. The SMILES string of the molecule is O=C(CCCc1ccccn1)NC(CO)c1cc(F)c(F)c(F)c1. The van der Waals surface area contributed by atoms with Crippen molar-refractivity contribution in [2.75, 3.05) is 6.61 Å². The standard InChI is InChI=1S/C17H17F3N2O2/c18-13-8-11(9-14(19)17(13)20)15(10-23)22-16(24)6-3-5-12-4-1-2-7-21-12/h1-2,4,7-9,15,23H,3,5-6,10H2,(H,22,24). The summed E-state index contributed by atoms with van der Waals surface area (Å²) >= 11 is 0. The average Bonchev–Trinajstić information content (AvgIpc) is 2.58. The summed E-state index contributed by atoms with van der Waals surface area (Å²) in [5.41, 5.74) is 0.818. The molecule has 7 heteroatoms. The van der Waals surface area contributed by atoms with Gasteiger partial charge in [0.2, 0.25) is 5.91 Å². The van der Waals surface area contributed by atoms with Gasteiger partial charge in [-0.25, -0.2) is 13.2 Å². The number of aliphatic hydroxyl groups is 1. The van der Waals surface area contributed by atoms with Crippen molar-refractivity contribution in [1.82, 2.24) is 10.3 Å². The molecule has 1 heterocycles. The second-order valence-electron chi connectivity index (χ2n) is 5.28. The molecule has 1 aromatic carbocycles. The van der Waals surface area contributed by atoms with Crippen molar-refractivity contribution < 1.29 is 23.1 Å². The van der Waals surface area contributed by atoms with Gasteiger partial charge in [0.15, 0.2) is 17.5 Å². The normalized spacial score (nSPS) is 12.0. The van der Waals surface area contributed by atoms with Crippen LogP contribution in [0.2, 0.25) is 0 Å². The Labute approximate surface area is 137 Å². The van der Waals surface area contributed by atoms with Gasteiger partial charge in [-0.3, -0.25) is 9.78 Å². The van der Waals surface area contributed by atoms with E-state index in [1.165, 1.54) is 0 Å². The van der Waals surface area contributed by atoms with Gasteiger partial charge in [0.1, 0.15) is 0 Å². The van der Waals surface area contributed by atoms with E-state index in [0.717, 1.165) is 17.8 Å². The number of nitrogens with zero attached hydrogens (tertiary/aromatic N) is 1. The van der Waals surface area contributed by atoms with Crippen LogP contribution in [0.15, 0.2) is 36.5 Å². The fourth-order valence-corrected chi connectivity index (χ4v) is 2.25. The number of aryl methyl sites for hydroxylation is 1. The lowest BCUT2D eigenvalue weighted by molar-refractivity contribution is -0.122. The molecule has 0 fully saturated rings. The minimum Gasteiger partial charge on any atom is -0.394 e. The topological polar surface area (TPSA) is 62.2 Å². The van der Waals surface area contributed by atoms with Gasteiger partial charge < -0.3 is 10.4 Å². The Bertz CT molecular complexity index is 672. The highest BCUT2D eigenvalue weighted by molar-refractivity contribution is 5.76. The van der Waals surface area contributed by atoms with E-state index in [1.54, 1.807) is 12.3 Å². The molecular weight excluding hydrogens is 321 g/mol. The maximum absolute atomic E-state index is 13.2. The van der Waals surface area contributed by atoms with Crippen LogP contribution >= 0.6 is 0 Å². The molecule has 0 saturated heterocycles. The predicted octanol–water partition coefficient (Wildman–Crippen LogP) is 2.67. The number of carbonyl (C=O) groups is 1. The van der Waals surface area contributed by atoms with Crippen LogP contribution in [0.3, 0.4) is 0 Å². The number of nitrogens with one attached hydrogen (secondary N) is 1.